The van der Waals surface area contributed by atoms with Crippen LogP contribution < -0.4 is 5.32 Å². The van der Waals surface area contributed by atoms with Gasteiger partial charge >= 0.3 is 0 Å². The van der Waals surface area contributed by atoms with Crippen LogP contribution in [-0.4, -0.2) is 42.0 Å². The first kappa shape index (κ1) is 19.0. The standard InChI is InChI=1S/C19H33N3O2/c1-15-16(24-18(21-15)19(2,3)4)9-8-11-20-17(23)10-14-22-12-6-5-7-13-22/h5-14H2,1-4H3,(H,20,23). The summed E-state index contributed by atoms with van der Waals surface area (Å²) in [5.41, 5.74) is 0.905. The van der Waals surface area contributed by atoms with Crippen LogP contribution >= 0.6 is 0 Å². The predicted molar refractivity (Wildman–Crippen MR) is 96.2 cm³/mol. The van der Waals surface area contributed by atoms with Crippen molar-refractivity contribution in [1.29, 1.82) is 0 Å². The first-order valence-electron chi connectivity index (χ1n) is 9.32. The van der Waals surface area contributed by atoms with E-state index < -0.39 is 0 Å². The number of carbonyl (C=O) groups excluding carboxylic acids is 1. The maximum atomic E-state index is 11.9. The summed E-state index contributed by atoms with van der Waals surface area (Å²) in [6.45, 7) is 12.2. The van der Waals surface area contributed by atoms with Gasteiger partial charge in [-0.25, -0.2) is 4.98 Å². The monoisotopic (exact) mass is 335 g/mol. The molecule has 1 saturated heterocycles. The minimum absolute atomic E-state index is 0.0638. The van der Waals surface area contributed by atoms with Crippen LogP contribution in [-0.2, 0) is 16.6 Å². The molecule has 136 valence electrons. The molecule has 0 bridgehead atoms. The Labute approximate surface area is 146 Å². The molecular formula is C19H33N3O2. The fourth-order valence-corrected chi connectivity index (χ4v) is 2.99. The zero-order chi connectivity index (χ0) is 17.6. The number of carbonyl (C=O) groups is 1. The van der Waals surface area contributed by atoms with E-state index in [9.17, 15) is 4.79 Å². The van der Waals surface area contributed by atoms with Crippen LogP contribution in [0, 0.1) is 6.92 Å². The lowest BCUT2D eigenvalue weighted by atomic mass is 9.97. The van der Waals surface area contributed by atoms with Gasteiger partial charge in [-0.15, -0.1) is 0 Å². The Kier molecular flexibility index (Phi) is 6.84. The number of piperidine rings is 1. The number of aromatic nitrogens is 1. The Morgan fingerprint density at radius 1 is 1.25 bits per heavy atom. The van der Waals surface area contributed by atoms with E-state index in [0.29, 0.717) is 13.0 Å². The van der Waals surface area contributed by atoms with E-state index in [1.165, 1.54) is 19.3 Å². The second-order valence-electron chi connectivity index (χ2n) is 7.88. The Balaban J connectivity index is 1.63. The molecule has 5 nitrogen and oxygen atoms in total. The van der Waals surface area contributed by atoms with Gasteiger partial charge in [0.1, 0.15) is 5.76 Å². The van der Waals surface area contributed by atoms with Crippen molar-refractivity contribution in [2.24, 2.45) is 0 Å². The number of amides is 1. The molecule has 1 aliphatic heterocycles. The van der Waals surface area contributed by atoms with Crippen molar-refractivity contribution in [3.05, 3.63) is 17.3 Å². The van der Waals surface area contributed by atoms with Gasteiger partial charge in [0.15, 0.2) is 5.89 Å². The number of hydrogen-bond donors (Lipinski definition) is 1. The molecule has 0 aliphatic carbocycles. The molecule has 0 unspecified atom stereocenters. The van der Waals surface area contributed by atoms with Crippen LogP contribution in [0.5, 0.6) is 0 Å². The minimum Gasteiger partial charge on any atom is -0.445 e. The fourth-order valence-electron chi connectivity index (χ4n) is 2.99. The fraction of sp³-hybridized carbons (Fsp3) is 0.789. The lowest BCUT2D eigenvalue weighted by molar-refractivity contribution is -0.121. The topological polar surface area (TPSA) is 58.4 Å². The van der Waals surface area contributed by atoms with Crippen molar-refractivity contribution in [2.75, 3.05) is 26.2 Å². The van der Waals surface area contributed by atoms with Crippen molar-refractivity contribution in [2.45, 2.75) is 71.6 Å². The minimum atomic E-state index is -0.0638. The normalized spacial score (nSPS) is 16.3. The number of aryl methyl sites for hydroxylation is 2. The van der Waals surface area contributed by atoms with Crippen LogP contribution in [0.3, 0.4) is 0 Å². The van der Waals surface area contributed by atoms with E-state index in [1.807, 2.05) is 6.92 Å². The van der Waals surface area contributed by atoms with Gasteiger partial charge in [0, 0.05) is 31.3 Å². The lowest BCUT2D eigenvalue weighted by Gasteiger charge is -2.25. The average Bonchev–Trinajstić information content (AvgIpc) is 2.92. The molecule has 1 N–H and O–H groups in total. The largest absolute Gasteiger partial charge is 0.445 e. The molecule has 24 heavy (non-hydrogen) atoms. The summed E-state index contributed by atoms with van der Waals surface area (Å²) in [6.07, 6.45) is 6.19. The number of oxazole rings is 1. The zero-order valence-corrected chi connectivity index (χ0v) is 15.8. The molecule has 0 aromatic carbocycles. The number of hydrogen-bond acceptors (Lipinski definition) is 4. The molecule has 2 heterocycles. The van der Waals surface area contributed by atoms with Crippen molar-refractivity contribution >= 4 is 5.91 Å². The van der Waals surface area contributed by atoms with Crippen molar-refractivity contribution in [1.82, 2.24) is 15.2 Å². The second-order valence-corrected chi connectivity index (χ2v) is 7.88. The van der Waals surface area contributed by atoms with Gasteiger partial charge in [-0.1, -0.05) is 27.2 Å². The number of nitrogens with zero attached hydrogens (tertiary/aromatic N) is 2. The van der Waals surface area contributed by atoms with Crippen LogP contribution in [0.1, 0.15) is 70.2 Å². The first-order valence-corrected chi connectivity index (χ1v) is 9.32. The Morgan fingerprint density at radius 3 is 2.58 bits per heavy atom. The molecule has 1 amide bonds. The number of likely N-dealkylation sites (tertiary alicyclic amines) is 1. The highest BCUT2D eigenvalue weighted by Crippen LogP contribution is 2.24. The summed E-state index contributed by atoms with van der Waals surface area (Å²) >= 11 is 0. The first-order chi connectivity index (χ1) is 11.4. The van der Waals surface area contributed by atoms with Crippen LogP contribution in [0.2, 0.25) is 0 Å². The maximum absolute atomic E-state index is 11.9. The highest BCUT2D eigenvalue weighted by molar-refractivity contribution is 5.76. The van der Waals surface area contributed by atoms with Crippen molar-refractivity contribution in [3.8, 4) is 0 Å². The zero-order valence-electron chi connectivity index (χ0n) is 15.8. The third-order valence-corrected chi connectivity index (χ3v) is 4.54. The summed E-state index contributed by atoms with van der Waals surface area (Å²) in [6, 6.07) is 0. The third-order valence-electron chi connectivity index (χ3n) is 4.54. The number of nitrogens with one attached hydrogen (secondary N) is 1. The van der Waals surface area contributed by atoms with Gasteiger partial charge in [0.05, 0.1) is 5.69 Å². The predicted octanol–water partition coefficient (Wildman–Crippen LogP) is 3.21. The second kappa shape index (κ2) is 8.65. The Bertz CT molecular complexity index is 525. The maximum Gasteiger partial charge on any atom is 0.221 e. The summed E-state index contributed by atoms with van der Waals surface area (Å²) in [5, 5.41) is 3.02. The SMILES string of the molecule is Cc1nc(C(C)(C)C)oc1CCCNC(=O)CCN1CCCCC1. The van der Waals surface area contributed by atoms with Gasteiger partial charge in [0.2, 0.25) is 5.91 Å². The van der Waals surface area contributed by atoms with E-state index in [0.717, 1.165) is 49.8 Å². The molecule has 1 aliphatic rings. The van der Waals surface area contributed by atoms with E-state index in [1.54, 1.807) is 0 Å². The van der Waals surface area contributed by atoms with Crippen LogP contribution in [0.4, 0.5) is 0 Å². The van der Waals surface area contributed by atoms with Gasteiger partial charge in [-0.3, -0.25) is 4.79 Å². The van der Waals surface area contributed by atoms with Crippen LogP contribution in [0.25, 0.3) is 0 Å². The Hall–Kier alpha value is -1.36. The van der Waals surface area contributed by atoms with Gasteiger partial charge < -0.3 is 14.6 Å². The average molecular weight is 335 g/mol. The third kappa shape index (κ3) is 5.93. The molecule has 5 heteroatoms. The summed E-state index contributed by atoms with van der Waals surface area (Å²) in [5.74, 6) is 1.90. The molecule has 0 saturated carbocycles. The molecule has 1 fully saturated rings. The summed E-state index contributed by atoms with van der Waals surface area (Å²) in [7, 11) is 0. The quantitative estimate of drug-likeness (QED) is 0.777. The lowest BCUT2D eigenvalue weighted by Crippen LogP contribution is -2.34. The molecule has 1 aromatic heterocycles. The van der Waals surface area contributed by atoms with Crippen molar-refractivity contribution < 1.29 is 9.21 Å². The van der Waals surface area contributed by atoms with Gasteiger partial charge in [0.25, 0.3) is 0 Å². The Morgan fingerprint density at radius 2 is 1.96 bits per heavy atom. The van der Waals surface area contributed by atoms with E-state index in [4.69, 9.17) is 4.42 Å². The highest BCUT2D eigenvalue weighted by Gasteiger charge is 2.22. The number of rotatable bonds is 7. The summed E-state index contributed by atoms with van der Waals surface area (Å²) < 4.78 is 5.88. The van der Waals surface area contributed by atoms with Gasteiger partial charge in [-0.05, 0) is 39.3 Å². The molecule has 2 rings (SSSR count). The van der Waals surface area contributed by atoms with E-state index in [-0.39, 0.29) is 11.3 Å². The van der Waals surface area contributed by atoms with E-state index >= 15 is 0 Å². The highest BCUT2D eigenvalue weighted by atomic mass is 16.4. The van der Waals surface area contributed by atoms with E-state index in [2.05, 4.69) is 36.0 Å². The molecule has 0 atom stereocenters. The van der Waals surface area contributed by atoms with Crippen molar-refractivity contribution in [3.63, 3.8) is 0 Å². The summed E-state index contributed by atoms with van der Waals surface area (Å²) in [4.78, 5) is 18.8. The molecular weight excluding hydrogens is 302 g/mol. The smallest absolute Gasteiger partial charge is 0.221 e. The van der Waals surface area contributed by atoms with Gasteiger partial charge in [-0.2, -0.15) is 0 Å². The molecule has 1 aromatic rings. The van der Waals surface area contributed by atoms with Crippen LogP contribution in [0.15, 0.2) is 4.42 Å². The molecule has 0 spiro atoms. The molecule has 0 radical (unpaired) electrons.